The molecule has 1 N–H and O–H groups in total. The first-order valence-electron chi connectivity index (χ1n) is 11.3. The summed E-state index contributed by atoms with van der Waals surface area (Å²) in [6, 6.07) is 0. The summed E-state index contributed by atoms with van der Waals surface area (Å²) in [5, 5.41) is 10.1. The van der Waals surface area contributed by atoms with Crippen LogP contribution >= 0.6 is 0 Å². The van der Waals surface area contributed by atoms with Gasteiger partial charge in [-0.1, -0.05) is 30.7 Å². The molecule has 0 radical (unpaired) electrons. The second-order valence-corrected chi connectivity index (χ2v) is 10.5. The maximum atomic E-state index is 12.1. The van der Waals surface area contributed by atoms with Crippen molar-refractivity contribution in [2.75, 3.05) is 13.7 Å². The van der Waals surface area contributed by atoms with Crippen LogP contribution in [-0.4, -0.2) is 47.9 Å². The number of esters is 1. The quantitative estimate of drug-likeness (QED) is 0.267. The van der Waals surface area contributed by atoms with Crippen molar-refractivity contribution in [3.8, 4) is 0 Å². The van der Waals surface area contributed by atoms with Crippen molar-refractivity contribution in [3.63, 3.8) is 0 Å². The zero-order valence-corrected chi connectivity index (χ0v) is 20.4. The van der Waals surface area contributed by atoms with E-state index in [-0.39, 0.29) is 17.4 Å². The zero-order chi connectivity index (χ0) is 23.8. The van der Waals surface area contributed by atoms with Crippen LogP contribution in [0.2, 0.25) is 0 Å². The third-order valence-electron chi connectivity index (χ3n) is 6.79. The molecule has 0 aromatic rings. The van der Waals surface area contributed by atoms with Gasteiger partial charge in [0, 0.05) is 25.5 Å². The lowest BCUT2D eigenvalue weighted by Gasteiger charge is -2.49. The van der Waals surface area contributed by atoms with Gasteiger partial charge in [-0.2, -0.15) is 0 Å². The number of carbonyl (C=O) groups excluding carboxylic acids is 1. The number of hydrogen-bond acceptors (Lipinski definition) is 6. The summed E-state index contributed by atoms with van der Waals surface area (Å²) in [7, 11) is 1.65. The monoisotopic (exact) mass is 446 g/mol. The molecule has 0 bridgehead atoms. The molecular formula is C26H38O6. The normalized spacial score (nSPS) is 36.8. The third-order valence-corrected chi connectivity index (χ3v) is 6.79. The minimum atomic E-state index is -0.882. The second kappa shape index (κ2) is 8.90. The van der Waals surface area contributed by atoms with Gasteiger partial charge in [0.2, 0.25) is 0 Å². The molecule has 0 aromatic heterocycles. The number of ether oxygens (including phenoxy) is 4. The van der Waals surface area contributed by atoms with Gasteiger partial charge >= 0.3 is 5.97 Å². The molecule has 2 fully saturated rings. The Balaban J connectivity index is 1.98. The van der Waals surface area contributed by atoms with E-state index in [9.17, 15) is 9.90 Å². The molecule has 2 heterocycles. The first-order valence-corrected chi connectivity index (χ1v) is 11.3. The topological polar surface area (TPSA) is 74.2 Å². The zero-order valence-electron chi connectivity index (χ0n) is 20.4. The highest BCUT2D eigenvalue weighted by Crippen LogP contribution is 2.60. The molecule has 3 rings (SSSR count). The maximum Gasteiger partial charge on any atom is 0.335 e. The number of allylic oxidation sites excluding steroid dienone is 3. The minimum Gasteiger partial charge on any atom is -0.432 e. The Morgan fingerprint density at radius 3 is 2.69 bits per heavy atom. The van der Waals surface area contributed by atoms with Crippen molar-refractivity contribution < 1.29 is 28.8 Å². The van der Waals surface area contributed by atoms with E-state index in [1.807, 2.05) is 39.0 Å². The van der Waals surface area contributed by atoms with Crippen LogP contribution in [0.3, 0.4) is 0 Å². The average Bonchev–Trinajstić information content (AvgIpc) is 3.14. The summed E-state index contributed by atoms with van der Waals surface area (Å²) in [4.78, 5) is 12.1. The fourth-order valence-electron chi connectivity index (χ4n) is 5.18. The van der Waals surface area contributed by atoms with Gasteiger partial charge in [-0.05, 0) is 64.5 Å². The Hall–Kier alpha value is -1.73. The standard InChI is InChI=1S/C26H38O6/c1-18(2)15-22(27)30-14-10-20-24(5,12-8-11-23(3,4)28)13-9-19-17-31-21-16-25(6,29-7)32-26(19,20)21/h8-11,14-15,20-21,28H,12-13,16-17H2,1-7H3/b11-8+,14-10+/t20-,21+,24+,25+,26-/m1/s1. The lowest BCUT2D eigenvalue weighted by Crippen LogP contribution is -2.53. The van der Waals surface area contributed by atoms with Crippen LogP contribution in [0.5, 0.6) is 0 Å². The predicted molar refractivity (Wildman–Crippen MR) is 123 cm³/mol. The van der Waals surface area contributed by atoms with E-state index in [1.165, 1.54) is 12.3 Å². The van der Waals surface area contributed by atoms with Crippen LogP contribution in [-0.2, 0) is 23.7 Å². The van der Waals surface area contributed by atoms with Gasteiger partial charge in [0.25, 0.3) is 0 Å². The predicted octanol–water partition coefficient (Wildman–Crippen LogP) is 4.60. The van der Waals surface area contributed by atoms with Crippen LogP contribution in [0.4, 0.5) is 0 Å². The van der Waals surface area contributed by atoms with Crippen LogP contribution in [0.15, 0.2) is 47.8 Å². The van der Waals surface area contributed by atoms with Crippen LogP contribution < -0.4 is 0 Å². The molecule has 0 aromatic carbocycles. The minimum absolute atomic E-state index is 0.120. The van der Waals surface area contributed by atoms with E-state index in [0.717, 1.165) is 24.0 Å². The Labute approximate surface area is 191 Å². The highest BCUT2D eigenvalue weighted by molar-refractivity contribution is 5.83. The molecule has 6 nitrogen and oxygen atoms in total. The molecular weight excluding hydrogens is 408 g/mol. The molecule has 32 heavy (non-hydrogen) atoms. The molecule has 1 aliphatic carbocycles. The SMILES string of the molecule is CO[C@]1(C)C[C@@H]2OCC3=CC[C@](C)(C/C=C/C(C)(C)O)[C@@H](/C=C/OC(=O)C=C(C)C)[C@]32O1. The molecule has 3 aliphatic rings. The summed E-state index contributed by atoms with van der Waals surface area (Å²) in [6.07, 6.45) is 13.0. The number of hydrogen-bond donors (Lipinski definition) is 1. The van der Waals surface area contributed by atoms with Gasteiger partial charge in [0.05, 0.1) is 24.6 Å². The van der Waals surface area contributed by atoms with Crippen LogP contribution in [0.1, 0.15) is 60.8 Å². The molecule has 5 atom stereocenters. The van der Waals surface area contributed by atoms with Gasteiger partial charge in [0.15, 0.2) is 5.79 Å². The van der Waals surface area contributed by atoms with E-state index in [1.54, 1.807) is 21.0 Å². The molecule has 6 heteroatoms. The highest BCUT2D eigenvalue weighted by atomic mass is 16.7. The largest absolute Gasteiger partial charge is 0.432 e. The number of rotatable bonds is 7. The fourth-order valence-corrected chi connectivity index (χ4v) is 5.18. The van der Waals surface area contributed by atoms with Crippen molar-refractivity contribution in [2.24, 2.45) is 11.3 Å². The molecule has 1 spiro atoms. The summed E-state index contributed by atoms with van der Waals surface area (Å²) < 4.78 is 24.0. The smallest absolute Gasteiger partial charge is 0.335 e. The summed E-state index contributed by atoms with van der Waals surface area (Å²) in [6.45, 7) is 11.9. The van der Waals surface area contributed by atoms with Crippen molar-refractivity contribution >= 4 is 5.97 Å². The summed E-state index contributed by atoms with van der Waals surface area (Å²) in [5.41, 5.74) is 0.200. The first-order chi connectivity index (χ1) is 14.8. The number of carbonyl (C=O) groups is 1. The highest BCUT2D eigenvalue weighted by Gasteiger charge is 2.67. The Kier molecular flexibility index (Phi) is 6.93. The molecule has 0 unspecified atom stereocenters. The van der Waals surface area contributed by atoms with Crippen molar-refractivity contribution in [3.05, 3.63) is 47.8 Å². The molecule has 0 saturated carbocycles. The van der Waals surface area contributed by atoms with Gasteiger partial charge in [-0.15, -0.1) is 0 Å². The van der Waals surface area contributed by atoms with Crippen LogP contribution in [0.25, 0.3) is 0 Å². The lowest BCUT2D eigenvalue weighted by molar-refractivity contribution is -0.235. The molecule has 178 valence electrons. The lowest BCUT2D eigenvalue weighted by atomic mass is 9.58. The summed E-state index contributed by atoms with van der Waals surface area (Å²) in [5.74, 6) is -1.27. The molecule has 2 aliphatic heterocycles. The van der Waals surface area contributed by atoms with E-state index in [4.69, 9.17) is 18.9 Å². The van der Waals surface area contributed by atoms with E-state index in [2.05, 4.69) is 13.0 Å². The van der Waals surface area contributed by atoms with E-state index in [0.29, 0.717) is 13.0 Å². The van der Waals surface area contributed by atoms with E-state index >= 15 is 0 Å². The van der Waals surface area contributed by atoms with Crippen molar-refractivity contribution in [2.45, 2.75) is 83.9 Å². The Morgan fingerprint density at radius 2 is 2.06 bits per heavy atom. The summed E-state index contributed by atoms with van der Waals surface area (Å²) >= 11 is 0. The molecule has 0 amide bonds. The maximum absolute atomic E-state index is 12.1. The Bertz CT molecular complexity index is 843. The number of aliphatic hydroxyl groups is 1. The van der Waals surface area contributed by atoms with Crippen molar-refractivity contribution in [1.82, 2.24) is 0 Å². The molecule has 2 saturated heterocycles. The van der Waals surface area contributed by atoms with Crippen molar-refractivity contribution in [1.29, 1.82) is 0 Å². The second-order valence-electron chi connectivity index (χ2n) is 10.5. The average molecular weight is 447 g/mol. The van der Waals surface area contributed by atoms with Gasteiger partial charge < -0.3 is 24.1 Å². The van der Waals surface area contributed by atoms with E-state index < -0.39 is 23.0 Å². The Morgan fingerprint density at radius 1 is 1.34 bits per heavy atom. The number of methoxy groups -OCH3 is 1. The van der Waals surface area contributed by atoms with Gasteiger partial charge in [-0.25, -0.2) is 4.79 Å². The first kappa shape index (κ1) is 24.9. The van der Waals surface area contributed by atoms with Gasteiger partial charge in [0.1, 0.15) is 5.60 Å². The van der Waals surface area contributed by atoms with Crippen LogP contribution in [0, 0.1) is 11.3 Å². The fraction of sp³-hybridized carbons (Fsp3) is 0.654. The van der Waals surface area contributed by atoms with Gasteiger partial charge in [-0.3, -0.25) is 0 Å². The third kappa shape index (κ3) is 4.93.